The van der Waals surface area contributed by atoms with Gasteiger partial charge >= 0.3 is 0 Å². The zero-order valence-corrected chi connectivity index (χ0v) is 4.81. The van der Waals surface area contributed by atoms with Crippen molar-refractivity contribution < 1.29 is 0 Å². The minimum Gasteiger partial charge on any atom is -0.405 e. The Bertz CT molecular complexity index is 90.4. The zero-order chi connectivity index (χ0) is 5.70. The first-order valence-corrected chi connectivity index (χ1v) is 2.32. The first-order chi connectivity index (χ1) is 3.31. The van der Waals surface area contributed by atoms with Gasteiger partial charge < -0.3 is 5.73 Å². The van der Waals surface area contributed by atoms with Crippen LogP contribution in [0.2, 0.25) is 0 Å². The van der Waals surface area contributed by atoms with Crippen molar-refractivity contribution in [3.63, 3.8) is 0 Å². The summed E-state index contributed by atoms with van der Waals surface area (Å²) in [5, 5.41) is 0. The molecule has 0 saturated heterocycles. The molecule has 0 aromatic rings. The topological polar surface area (TPSA) is 26.0 Å². The van der Waals surface area contributed by atoms with E-state index in [4.69, 9.17) is 5.73 Å². The summed E-state index contributed by atoms with van der Waals surface area (Å²) in [6, 6.07) is 0. The van der Waals surface area contributed by atoms with Gasteiger partial charge in [0.15, 0.2) is 0 Å². The summed E-state index contributed by atoms with van der Waals surface area (Å²) in [5.74, 6) is 0. The first kappa shape index (κ1) is 6.28. The van der Waals surface area contributed by atoms with Crippen molar-refractivity contribution in [1.82, 2.24) is 0 Å². The lowest BCUT2D eigenvalue weighted by Gasteiger charge is -1.81. The minimum atomic E-state index is 1.20. The number of allylic oxidation sites excluding steroid dienone is 3. The van der Waals surface area contributed by atoms with Crippen LogP contribution in [0.3, 0.4) is 0 Å². The van der Waals surface area contributed by atoms with Crippen LogP contribution in [0.1, 0.15) is 13.8 Å². The molecule has 0 bridgehead atoms. The van der Waals surface area contributed by atoms with Gasteiger partial charge in [-0.05, 0) is 26.1 Å². The standard InChI is InChI=1S/C6H11N/c1-3-6(2)4-5-7/h3-5H,7H2,1-2H3/b5-4-,6-3+. The summed E-state index contributed by atoms with van der Waals surface area (Å²) in [5.41, 5.74) is 6.28. The fourth-order valence-corrected chi connectivity index (χ4v) is 0.248. The van der Waals surface area contributed by atoms with Crippen LogP contribution in [0.4, 0.5) is 0 Å². The van der Waals surface area contributed by atoms with Crippen LogP contribution < -0.4 is 5.73 Å². The zero-order valence-electron chi connectivity index (χ0n) is 4.81. The minimum absolute atomic E-state index is 1.20. The third kappa shape index (κ3) is 3.10. The molecule has 0 aliphatic heterocycles. The van der Waals surface area contributed by atoms with Crippen molar-refractivity contribution in [1.29, 1.82) is 0 Å². The Balaban J connectivity index is 3.58. The SMILES string of the molecule is C/C=C(C)/C=C\N. The quantitative estimate of drug-likeness (QED) is 0.492. The van der Waals surface area contributed by atoms with E-state index in [9.17, 15) is 0 Å². The molecule has 40 valence electrons. The van der Waals surface area contributed by atoms with Crippen molar-refractivity contribution in [3.05, 3.63) is 23.9 Å². The molecular weight excluding hydrogens is 86.1 g/mol. The van der Waals surface area contributed by atoms with Gasteiger partial charge in [0.05, 0.1) is 0 Å². The Morgan fingerprint density at radius 3 is 2.29 bits per heavy atom. The average molecular weight is 97.2 g/mol. The smallest absolute Gasteiger partial charge is 0.00598 e. The van der Waals surface area contributed by atoms with Crippen LogP contribution in [0.5, 0.6) is 0 Å². The summed E-state index contributed by atoms with van der Waals surface area (Å²) < 4.78 is 0. The number of rotatable bonds is 1. The normalized spacial score (nSPS) is 13.1. The highest BCUT2D eigenvalue weighted by atomic mass is 14.5. The van der Waals surface area contributed by atoms with Gasteiger partial charge in [-0.15, -0.1) is 0 Å². The molecular formula is C6H11N. The van der Waals surface area contributed by atoms with E-state index in [1.54, 1.807) is 0 Å². The maximum Gasteiger partial charge on any atom is -0.00598 e. The van der Waals surface area contributed by atoms with Gasteiger partial charge in [-0.3, -0.25) is 0 Å². The average Bonchev–Trinajstić information content (AvgIpc) is 1.68. The fourth-order valence-electron chi connectivity index (χ4n) is 0.248. The van der Waals surface area contributed by atoms with Crippen molar-refractivity contribution in [2.45, 2.75) is 13.8 Å². The molecule has 0 fully saturated rings. The Morgan fingerprint density at radius 1 is 1.57 bits per heavy atom. The molecule has 1 nitrogen and oxygen atoms in total. The summed E-state index contributed by atoms with van der Waals surface area (Å²) in [7, 11) is 0. The van der Waals surface area contributed by atoms with Crippen molar-refractivity contribution >= 4 is 0 Å². The Hall–Kier alpha value is -0.720. The van der Waals surface area contributed by atoms with Crippen molar-refractivity contribution in [2.75, 3.05) is 0 Å². The molecule has 0 aliphatic carbocycles. The maximum atomic E-state index is 5.08. The summed E-state index contributed by atoms with van der Waals surface area (Å²) in [4.78, 5) is 0. The fraction of sp³-hybridized carbons (Fsp3) is 0.333. The van der Waals surface area contributed by atoms with E-state index >= 15 is 0 Å². The van der Waals surface area contributed by atoms with Gasteiger partial charge in [0.1, 0.15) is 0 Å². The predicted molar refractivity (Wildman–Crippen MR) is 32.8 cm³/mol. The van der Waals surface area contributed by atoms with E-state index in [0.717, 1.165) is 0 Å². The second-order valence-corrected chi connectivity index (χ2v) is 1.39. The molecule has 0 saturated carbocycles. The number of hydrogen-bond acceptors (Lipinski definition) is 1. The van der Waals surface area contributed by atoms with E-state index in [-0.39, 0.29) is 0 Å². The van der Waals surface area contributed by atoms with Crippen LogP contribution >= 0.6 is 0 Å². The Labute approximate surface area is 44.5 Å². The summed E-state index contributed by atoms with van der Waals surface area (Å²) in [6.45, 7) is 3.98. The second kappa shape index (κ2) is 3.47. The van der Waals surface area contributed by atoms with E-state index in [1.807, 2.05) is 26.0 Å². The number of nitrogens with two attached hydrogens (primary N) is 1. The van der Waals surface area contributed by atoms with E-state index in [1.165, 1.54) is 11.8 Å². The van der Waals surface area contributed by atoms with Crippen LogP contribution in [0.25, 0.3) is 0 Å². The van der Waals surface area contributed by atoms with Crippen LogP contribution in [-0.2, 0) is 0 Å². The summed E-state index contributed by atoms with van der Waals surface area (Å²) in [6.07, 6.45) is 5.40. The van der Waals surface area contributed by atoms with Gasteiger partial charge in [-0.25, -0.2) is 0 Å². The highest BCUT2D eigenvalue weighted by Crippen LogP contribution is 1.89. The predicted octanol–water partition coefficient (Wildman–Crippen LogP) is 1.43. The lowest BCUT2D eigenvalue weighted by Crippen LogP contribution is -1.75. The molecule has 0 rings (SSSR count). The van der Waals surface area contributed by atoms with E-state index in [0.29, 0.717) is 0 Å². The highest BCUT2D eigenvalue weighted by molar-refractivity contribution is 5.13. The molecule has 0 aromatic heterocycles. The molecule has 0 aromatic carbocycles. The van der Waals surface area contributed by atoms with Crippen LogP contribution in [0, 0.1) is 0 Å². The van der Waals surface area contributed by atoms with E-state index < -0.39 is 0 Å². The van der Waals surface area contributed by atoms with Gasteiger partial charge in [-0.1, -0.05) is 11.6 Å². The monoisotopic (exact) mass is 97.1 g/mol. The lowest BCUT2D eigenvalue weighted by molar-refractivity contribution is 1.45. The molecule has 0 spiro atoms. The molecule has 0 atom stereocenters. The maximum absolute atomic E-state index is 5.08. The molecule has 0 amide bonds. The van der Waals surface area contributed by atoms with Gasteiger partial charge in [0.25, 0.3) is 0 Å². The van der Waals surface area contributed by atoms with Gasteiger partial charge in [0.2, 0.25) is 0 Å². The van der Waals surface area contributed by atoms with Gasteiger partial charge in [0, 0.05) is 0 Å². The van der Waals surface area contributed by atoms with Crippen LogP contribution in [-0.4, -0.2) is 0 Å². The summed E-state index contributed by atoms with van der Waals surface area (Å²) >= 11 is 0. The molecule has 1 heteroatoms. The van der Waals surface area contributed by atoms with Crippen molar-refractivity contribution in [2.24, 2.45) is 5.73 Å². The largest absolute Gasteiger partial charge is 0.405 e. The van der Waals surface area contributed by atoms with E-state index in [2.05, 4.69) is 0 Å². The second-order valence-electron chi connectivity index (χ2n) is 1.39. The Morgan fingerprint density at radius 2 is 2.14 bits per heavy atom. The molecule has 0 aliphatic rings. The van der Waals surface area contributed by atoms with Crippen LogP contribution in [0.15, 0.2) is 23.9 Å². The number of hydrogen-bond donors (Lipinski definition) is 1. The third-order valence-corrected chi connectivity index (χ3v) is 0.814. The van der Waals surface area contributed by atoms with Crippen molar-refractivity contribution in [3.8, 4) is 0 Å². The molecule has 2 N–H and O–H groups in total. The molecule has 0 radical (unpaired) electrons. The molecule has 0 heterocycles. The van der Waals surface area contributed by atoms with Gasteiger partial charge in [-0.2, -0.15) is 0 Å². The molecule has 7 heavy (non-hydrogen) atoms. The highest BCUT2D eigenvalue weighted by Gasteiger charge is 1.70. The Kier molecular flexibility index (Phi) is 3.11. The third-order valence-electron chi connectivity index (χ3n) is 0.814. The molecule has 0 unspecified atom stereocenters. The first-order valence-electron chi connectivity index (χ1n) is 2.32. The lowest BCUT2D eigenvalue weighted by atomic mass is 10.3.